The molecule has 10 heteroatoms. The molecular formula is C10H13F3N2O3S2. The number of alkyl halides is 3. The summed E-state index contributed by atoms with van der Waals surface area (Å²) in [5.74, 6) is -2.39. The number of hydrogen-bond acceptors (Lipinski definition) is 5. The molecule has 1 aliphatic heterocycles. The van der Waals surface area contributed by atoms with Gasteiger partial charge in [0.15, 0.2) is 0 Å². The fourth-order valence-electron chi connectivity index (χ4n) is 1.51. The maximum atomic E-state index is 12.3. The van der Waals surface area contributed by atoms with E-state index in [1.54, 1.807) is 11.6 Å². The number of nitrogens with zero attached hydrogens (tertiary/aromatic N) is 1. The Kier molecular flexibility index (Phi) is 6.06. The maximum Gasteiger partial charge on any atom is 0.471 e. The first kappa shape index (κ1) is 17.0. The molecule has 1 atom stereocenters. The second-order valence-corrected chi connectivity index (χ2v) is 5.24. The smallest absolute Gasteiger partial charge is 0.469 e. The summed E-state index contributed by atoms with van der Waals surface area (Å²) >= 11 is 6.14. The van der Waals surface area contributed by atoms with Crippen molar-refractivity contribution in [3.8, 4) is 0 Å². The van der Waals surface area contributed by atoms with Crippen molar-refractivity contribution < 1.29 is 27.5 Å². The zero-order valence-electron chi connectivity index (χ0n) is 10.5. The molecule has 0 aromatic carbocycles. The van der Waals surface area contributed by atoms with Crippen molar-refractivity contribution in [3.05, 3.63) is 0 Å². The molecule has 2 amide bonds. The van der Waals surface area contributed by atoms with Crippen LogP contribution in [0.25, 0.3) is 0 Å². The molecular weight excluding hydrogens is 317 g/mol. The number of carbonyl (C=O) groups is 2. The predicted molar refractivity (Wildman–Crippen MR) is 71.2 cm³/mol. The lowest BCUT2D eigenvalue weighted by atomic mass is 10.2. The molecule has 1 rings (SSSR count). The average Bonchev–Trinajstić information content (AvgIpc) is 2.78. The highest BCUT2D eigenvalue weighted by Gasteiger charge is 2.42. The van der Waals surface area contributed by atoms with Crippen molar-refractivity contribution in [3.63, 3.8) is 0 Å². The van der Waals surface area contributed by atoms with Gasteiger partial charge in [-0.05, 0) is 30.6 Å². The van der Waals surface area contributed by atoms with E-state index in [1.165, 1.54) is 11.8 Å². The van der Waals surface area contributed by atoms with Gasteiger partial charge in [-0.15, -0.1) is 0 Å². The topological polar surface area (TPSA) is 58.6 Å². The monoisotopic (exact) mass is 330 g/mol. The molecule has 20 heavy (non-hydrogen) atoms. The number of hydrogen-bond donors (Lipinski definition) is 1. The molecule has 0 bridgehead atoms. The fraction of sp³-hybridized carbons (Fsp3) is 0.700. The molecule has 1 fully saturated rings. The van der Waals surface area contributed by atoms with Crippen LogP contribution in [0.1, 0.15) is 6.42 Å². The number of amides is 2. The van der Waals surface area contributed by atoms with Gasteiger partial charge in [-0.25, -0.2) is 0 Å². The Morgan fingerprint density at radius 3 is 2.65 bits per heavy atom. The van der Waals surface area contributed by atoms with Crippen LogP contribution in [0.3, 0.4) is 0 Å². The summed E-state index contributed by atoms with van der Waals surface area (Å²) in [5, 5.41) is 1.63. The van der Waals surface area contributed by atoms with Crippen LogP contribution in [-0.2, 0) is 14.3 Å². The second kappa shape index (κ2) is 7.11. The van der Waals surface area contributed by atoms with Crippen molar-refractivity contribution in [2.45, 2.75) is 18.6 Å². The number of rotatable bonds is 5. The van der Waals surface area contributed by atoms with Crippen LogP contribution in [0.4, 0.5) is 13.2 Å². The number of ether oxygens (including phenoxy) is 1. The summed E-state index contributed by atoms with van der Waals surface area (Å²) in [6.45, 7) is 0.377. The van der Waals surface area contributed by atoms with E-state index in [4.69, 9.17) is 17.0 Å². The molecule has 1 heterocycles. The summed E-state index contributed by atoms with van der Waals surface area (Å²) in [5.41, 5.74) is 0. The van der Waals surface area contributed by atoms with E-state index in [0.717, 1.165) is 4.90 Å². The minimum atomic E-state index is -5.03. The molecule has 1 N–H and O–H groups in total. The van der Waals surface area contributed by atoms with E-state index in [0.29, 0.717) is 5.75 Å². The molecule has 0 spiro atoms. The quantitative estimate of drug-likeness (QED) is 0.760. The predicted octanol–water partition coefficient (Wildman–Crippen LogP) is 0.930. The second-order valence-electron chi connectivity index (χ2n) is 3.91. The van der Waals surface area contributed by atoms with Gasteiger partial charge in [0, 0.05) is 0 Å². The lowest BCUT2D eigenvalue weighted by molar-refractivity contribution is -0.175. The van der Waals surface area contributed by atoms with Gasteiger partial charge in [0.05, 0.1) is 6.54 Å². The molecule has 114 valence electrons. The normalized spacial score (nSPS) is 16.8. The van der Waals surface area contributed by atoms with Gasteiger partial charge in [0.1, 0.15) is 12.6 Å². The van der Waals surface area contributed by atoms with E-state index in [2.05, 4.69) is 0 Å². The largest absolute Gasteiger partial charge is 0.471 e. The zero-order valence-corrected chi connectivity index (χ0v) is 12.2. The lowest BCUT2D eigenvalue weighted by Crippen LogP contribution is -2.52. The summed E-state index contributed by atoms with van der Waals surface area (Å²) < 4.78 is 41.7. The molecule has 0 aromatic rings. The van der Waals surface area contributed by atoms with Gasteiger partial charge in [-0.3, -0.25) is 14.5 Å². The number of thioether (sulfide) groups is 1. The molecule has 1 aliphatic rings. The Labute approximate surface area is 123 Å². The van der Waals surface area contributed by atoms with Gasteiger partial charge in [-0.1, -0.05) is 0 Å². The van der Waals surface area contributed by atoms with Gasteiger partial charge in [0.2, 0.25) is 0 Å². The highest BCUT2D eigenvalue weighted by molar-refractivity contribution is 7.98. The first-order chi connectivity index (χ1) is 9.27. The first-order valence-electron chi connectivity index (χ1n) is 5.62. The van der Waals surface area contributed by atoms with E-state index < -0.39 is 24.0 Å². The molecule has 0 radical (unpaired) electrons. The van der Waals surface area contributed by atoms with E-state index in [9.17, 15) is 22.8 Å². The van der Waals surface area contributed by atoms with Crippen molar-refractivity contribution >= 4 is 41.0 Å². The van der Waals surface area contributed by atoms with Gasteiger partial charge in [0.25, 0.3) is 11.1 Å². The van der Waals surface area contributed by atoms with Crippen molar-refractivity contribution in [1.82, 2.24) is 10.2 Å². The molecule has 0 aromatic heterocycles. The minimum absolute atomic E-state index is 0.0783. The highest BCUT2D eigenvalue weighted by atomic mass is 32.2. The number of nitrogens with one attached hydrogen (secondary N) is 1. The van der Waals surface area contributed by atoms with Crippen LogP contribution in [0.2, 0.25) is 0 Å². The summed E-state index contributed by atoms with van der Waals surface area (Å²) in [6.07, 6.45) is -3.20. The number of carbonyl (C=O) groups excluding carboxylic acids is 2. The van der Waals surface area contributed by atoms with Gasteiger partial charge < -0.3 is 10.1 Å². The Hall–Kier alpha value is -1.03. The summed E-state index contributed by atoms with van der Waals surface area (Å²) in [7, 11) is 0. The first-order valence-corrected chi connectivity index (χ1v) is 7.42. The van der Waals surface area contributed by atoms with Crippen LogP contribution in [-0.4, -0.2) is 59.3 Å². The van der Waals surface area contributed by atoms with Crippen molar-refractivity contribution in [1.29, 1.82) is 0 Å². The molecule has 0 unspecified atom stereocenters. The minimum Gasteiger partial charge on any atom is -0.469 e. The van der Waals surface area contributed by atoms with Crippen molar-refractivity contribution in [2.24, 2.45) is 0 Å². The Morgan fingerprint density at radius 2 is 2.20 bits per heavy atom. The van der Waals surface area contributed by atoms with E-state index in [-0.39, 0.29) is 24.7 Å². The van der Waals surface area contributed by atoms with Crippen LogP contribution >= 0.6 is 24.0 Å². The summed E-state index contributed by atoms with van der Waals surface area (Å²) in [6, 6.07) is -1.27. The zero-order chi connectivity index (χ0) is 15.3. The van der Waals surface area contributed by atoms with Crippen LogP contribution in [0, 0.1) is 0 Å². The Bertz CT molecular complexity index is 404. The lowest BCUT2D eigenvalue weighted by Gasteiger charge is -2.22. The average molecular weight is 330 g/mol. The van der Waals surface area contributed by atoms with Crippen molar-refractivity contribution in [2.75, 3.05) is 25.2 Å². The van der Waals surface area contributed by atoms with E-state index >= 15 is 0 Å². The highest BCUT2D eigenvalue weighted by Crippen LogP contribution is 2.16. The molecule has 0 aliphatic carbocycles. The Balaban J connectivity index is 2.75. The third-order valence-corrected chi connectivity index (χ3v) is 3.48. The SMILES string of the molecule is CSCC[C@@H](NC(=O)C(F)(F)F)C(=O)N1CCOC1=S. The molecule has 1 saturated heterocycles. The number of halogens is 3. The van der Waals surface area contributed by atoms with Crippen LogP contribution < -0.4 is 5.32 Å². The maximum absolute atomic E-state index is 12.3. The number of thiocarbonyl (C=S) groups is 1. The molecule has 5 nitrogen and oxygen atoms in total. The summed E-state index contributed by atoms with van der Waals surface area (Å²) in [4.78, 5) is 24.1. The van der Waals surface area contributed by atoms with Gasteiger partial charge in [-0.2, -0.15) is 24.9 Å². The fourth-order valence-corrected chi connectivity index (χ4v) is 2.25. The standard InChI is InChI=1S/C10H13F3N2O3S2/c1-20-5-2-6(14-8(17)10(11,12)13)7(16)15-3-4-18-9(15)19/h6H,2-5H2,1H3,(H,14,17)/t6-/m1/s1. The van der Waals surface area contributed by atoms with E-state index in [1.807, 2.05) is 0 Å². The van der Waals surface area contributed by atoms with Crippen LogP contribution in [0.5, 0.6) is 0 Å². The van der Waals surface area contributed by atoms with Crippen LogP contribution in [0.15, 0.2) is 0 Å². The third kappa shape index (κ3) is 4.51. The van der Waals surface area contributed by atoms with Gasteiger partial charge >= 0.3 is 12.1 Å². The third-order valence-electron chi connectivity index (χ3n) is 2.50. The molecule has 0 saturated carbocycles. The Morgan fingerprint density at radius 1 is 1.55 bits per heavy atom.